The molecule has 0 spiro atoms. The third-order valence-corrected chi connectivity index (χ3v) is 4.52. The van der Waals surface area contributed by atoms with Gasteiger partial charge in [-0.05, 0) is 43.4 Å². The SMILES string of the molecule is Nc1ccc(C2(c3nc(CC4CCCO4)no3)CC2)cc1. The van der Waals surface area contributed by atoms with Crippen LogP contribution in [-0.4, -0.2) is 22.9 Å². The molecule has 1 saturated carbocycles. The molecule has 110 valence electrons. The second kappa shape index (κ2) is 4.84. The van der Waals surface area contributed by atoms with Gasteiger partial charge in [0, 0.05) is 18.7 Å². The van der Waals surface area contributed by atoms with E-state index in [1.165, 1.54) is 5.56 Å². The predicted octanol–water partition coefficient (Wildman–Crippen LogP) is 2.45. The van der Waals surface area contributed by atoms with Crippen molar-refractivity contribution in [3.63, 3.8) is 0 Å². The summed E-state index contributed by atoms with van der Waals surface area (Å²) in [6.45, 7) is 0.852. The Morgan fingerprint density at radius 1 is 1.24 bits per heavy atom. The molecule has 2 aromatic rings. The molecule has 0 bridgehead atoms. The van der Waals surface area contributed by atoms with Crippen LogP contribution >= 0.6 is 0 Å². The summed E-state index contributed by atoms with van der Waals surface area (Å²) in [5, 5.41) is 4.14. The van der Waals surface area contributed by atoms with Gasteiger partial charge in [0.15, 0.2) is 5.82 Å². The number of nitrogen functional groups attached to an aromatic ring is 1. The molecule has 1 saturated heterocycles. The first kappa shape index (κ1) is 12.8. The average molecular weight is 285 g/mol. The van der Waals surface area contributed by atoms with Crippen molar-refractivity contribution in [3.05, 3.63) is 41.5 Å². The molecule has 21 heavy (non-hydrogen) atoms. The molecule has 1 aromatic heterocycles. The Kier molecular flexibility index (Phi) is 2.96. The topological polar surface area (TPSA) is 74.2 Å². The van der Waals surface area contributed by atoms with Crippen molar-refractivity contribution in [2.45, 2.75) is 43.6 Å². The Balaban J connectivity index is 1.55. The number of hydrogen-bond acceptors (Lipinski definition) is 5. The van der Waals surface area contributed by atoms with Crippen molar-refractivity contribution >= 4 is 5.69 Å². The van der Waals surface area contributed by atoms with Crippen molar-refractivity contribution in [2.75, 3.05) is 12.3 Å². The predicted molar refractivity (Wildman–Crippen MR) is 77.8 cm³/mol. The highest BCUT2D eigenvalue weighted by atomic mass is 16.5. The number of benzene rings is 1. The molecule has 1 aliphatic carbocycles. The van der Waals surface area contributed by atoms with Gasteiger partial charge in [0.25, 0.3) is 0 Å². The first-order valence-corrected chi connectivity index (χ1v) is 7.57. The fraction of sp³-hybridized carbons (Fsp3) is 0.500. The van der Waals surface area contributed by atoms with Crippen LogP contribution in [0, 0.1) is 0 Å². The number of rotatable bonds is 4. The highest BCUT2D eigenvalue weighted by Gasteiger charge is 2.50. The van der Waals surface area contributed by atoms with E-state index in [9.17, 15) is 0 Å². The van der Waals surface area contributed by atoms with E-state index < -0.39 is 0 Å². The molecule has 2 aliphatic rings. The summed E-state index contributed by atoms with van der Waals surface area (Å²) in [5.41, 5.74) is 7.66. The van der Waals surface area contributed by atoms with Crippen molar-refractivity contribution in [3.8, 4) is 0 Å². The van der Waals surface area contributed by atoms with Gasteiger partial charge in [0.2, 0.25) is 5.89 Å². The standard InChI is InChI=1S/C16H19N3O2/c17-12-5-3-11(4-6-12)16(7-8-16)15-18-14(19-21-15)10-13-2-1-9-20-13/h3-6,13H,1-2,7-10,17H2. The van der Waals surface area contributed by atoms with Gasteiger partial charge < -0.3 is 15.0 Å². The summed E-state index contributed by atoms with van der Waals surface area (Å²) >= 11 is 0. The summed E-state index contributed by atoms with van der Waals surface area (Å²) in [6.07, 6.45) is 5.33. The largest absolute Gasteiger partial charge is 0.399 e. The smallest absolute Gasteiger partial charge is 0.237 e. The Labute approximate surface area is 123 Å². The number of aromatic nitrogens is 2. The molecule has 2 heterocycles. The van der Waals surface area contributed by atoms with Crippen LogP contribution in [0.1, 0.15) is 43.0 Å². The first-order valence-electron chi connectivity index (χ1n) is 7.57. The minimum Gasteiger partial charge on any atom is -0.399 e. The normalized spacial score (nSPS) is 23.3. The quantitative estimate of drug-likeness (QED) is 0.873. The highest BCUT2D eigenvalue weighted by Crippen LogP contribution is 2.52. The summed E-state index contributed by atoms with van der Waals surface area (Å²) in [4.78, 5) is 4.62. The monoisotopic (exact) mass is 285 g/mol. The molecule has 2 fully saturated rings. The van der Waals surface area contributed by atoms with Crippen LogP contribution in [-0.2, 0) is 16.6 Å². The van der Waals surface area contributed by atoms with Gasteiger partial charge in [-0.25, -0.2) is 0 Å². The van der Waals surface area contributed by atoms with Crippen LogP contribution in [0.3, 0.4) is 0 Å². The second-order valence-corrected chi connectivity index (χ2v) is 6.06. The lowest BCUT2D eigenvalue weighted by Crippen LogP contribution is -2.12. The number of nitrogens with zero attached hydrogens (tertiary/aromatic N) is 2. The Hall–Kier alpha value is -1.88. The lowest BCUT2D eigenvalue weighted by Gasteiger charge is -2.10. The van der Waals surface area contributed by atoms with E-state index in [2.05, 4.69) is 22.3 Å². The fourth-order valence-corrected chi connectivity index (χ4v) is 3.09. The Bertz CT molecular complexity index is 625. The van der Waals surface area contributed by atoms with E-state index in [-0.39, 0.29) is 11.5 Å². The second-order valence-electron chi connectivity index (χ2n) is 6.06. The molecule has 0 radical (unpaired) electrons. The van der Waals surface area contributed by atoms with Crippen LogP contribution < -0.4 is 5.73 Å². The third kappa shape index (κ3) is 2.31. The molecule has 4 rings (SSSR count). The van der Waals surface area contributed by atoms with Crippen LogP contribution in [0.25, 0.3) is 0 Å². The van der Waals surface area contributed by atoms with Gasteiger partial charge in [0.05, 0.1) is 11.5 Å². The zero-order valence-electron chi connectivity index (χ0n) is 11.9. The molecule has 5 heteroatoms. The van der Waals surface area contributed by atoms with Gasteiger partial charge in [0.1, 0.15) is 0 Å². The van der Waals surface area contributed by atoms with Crippen molar-refractivity contribution < 1.29 is 9.26 Å². The molecular formula is C16H19N3O2. The zero-order chi connectivity index (χ0) is 14.3. The third-order valence-electron chi connectivity index (χ3n) is 4.52. The average Bonchev–Trinajstić information content (AvgIpc) is 2.92. The molecule has 0 amide bonds. The fourth-order valence-electron chi connectivity index (χ4n) is 3.09. The van der Waals surface area contributed by atoms with E-state index in [4.69, 9.17) is 15.0 Å². The van der Waals surface area contributed by atoms with E-state index >= 15 is 0 Å². The molecular weight excluding hydrogens is 266 g/mol. The van der Waals surface area contributed by atoms with Crippen molar-refractivity contribution in [1.82, 2.24) is 10.1 Å². The lowest BCUT2D eigenvalue weighted by molar-refractivity contribution is 0.109. The maximum atomic E-state index is 5.76. The van der Waals surface area contributed by atoms with Crippen LogP contribution in [0.2, 0.25) is 0 Å². The van der Waals surface area contributed by atoms with Gasteiger partial charge in [-0.2, -0.15) is 4.98 Å². The van der Waals surface area contributed by atoms with Crippen LogP contribution in [0.15, 0.2) is 28.8 Å². The zero-order valence-corrected chi connectivity index (χ0v) is 11.9. The van der Waals surface area contributed by atoms with Gasteiger partial charge in [-0.3, -0.25) is 0 Å². The van der Waals surface area contributed by atoms with Gasteiger partial charge >= 0.3 is 0 Å². The summed E-state index contributed by atoms with van der Waals surface area (Å²) in [5.74, 6) is 1.50. The first-order chi connectivity index (χ1) is 10.3. The highest BCUT2D eigenvalue weighted by molar-refractivity contribution is 5.45. The maximum Gasteiger partial charge on any atom is 0.237 e. The molecule has 1 aliphatic heterocycles. The van der Waals surface area contributed by atoms with E-state index in [1.807, 2.05) is 12.1 Å². The lowest BCUT2D eigenvalue weighted by atomic mass is 9.95. The van der Waals surface area contributed by atoms with E-state index in [0.717, 1.165) is 56.1 Å². The summed E-state index contributed by atoms with van der Waals surface area (Å²) < 4.78 is 11.2. The van der Waals surface area contributed by atoms with Crippen LogP contribution in [0.5, 0.6) is 0 Å². The van der Waals surface area contributed by atoms with Gasteiger partial charge in [-0.1, -0.05) is 17.3 Å². The minimum absolute atomic E-state index is 0.0878. The molecule has 2 N–H and O–H groups in total. The summed E-state index contributed by atoms with van der Waals surface area (Å²) in [6, 6.07) is 7.98. The number of anilines is 1. The Morgan fingerprint density at radius 2 is 2.05 bits per heavy atom. The molecule has 1 atom stereocenters. The van der Waals surface area contributed by atoms with E-state index in [0.29, 0.717) is 0 Å². The summed E-state index contributed by atoms with van der Waals surface area (Å²) in [7, 11) is 0. The number of ether oxygens (including phenoxy) is 1. The van der Waals surface area contributed by atoms with Crippen molar-refractivity contribution in [1.29, 1.82) is 0 Å². The van der Waals surface area contributed by atoms with E-state index in [1.54, 1.807) is 0 Å². The van der Waals surface area contributed by atoms with Crippen LogP contribution in [0.4, 0.5) is 5.69 Å². The maximum absolute atomic E-state index is 5.76. The molecule has 1 aromatic carbocycles. The number of hydrogen-bond donors (Lipinski definition) is 1. The molecule has 1 unspecified atom stereocenters. The Morgan fingerprint density at radius 3 is 2.71 bits per heavy atom. The van der Waals surface area contributed by atoms with Crippen molar-refractivity contribution in [2.24, 2.45) is 0 Å². The molecule has 5 nitrogen and oxygen atoms in total. The van der Waals surface area contributed by atoms with Gasteiger partial charge in [-0.15, -0.1) is 0 Å². The number of nitrogens with two attached hydrogens (primary N) is 1. The minimum atomic E-state index is -0.0878.